The van der Waals surface area contributed by atoms with Gasteiger partial charge >= 0.3 is 0 Å². The average molecular weight is 390 g/mol. The molecule has 0 bridgehead atoms. The highest BCUT2D eigenvalue weighted by atomic mass is 16.7. The van der Waals surface area contributed by atoms with E-state index in [9.17, 15) is 0 Å². The SMILES string of the molecule is Cc1cc(Nc2ccc(C(C)(C)C)cc2)nc(NCc2ccc3c(c2)OCO3)n1. The molecule has 6 heteroatoms. The lowest BCUT2D eigenvalue weighted by atomic mass is 9.87. The summed E-state index contributed by atoms with van der Waals surface area (Å²) in [6.07, 6.45) is 0. The van der Waals surface area contributed by atoms with Gasteiger partial charge in [0.2, 0.25) is 12.7 Å². The van der Waals surface area contributed by atoms with Gasteiger partial charge in [0.15, 0.2) is 11.5 Å². The molecule has 6 nitrogen and oxygen atoms in total. The molecule has 0 radical (unpaired) electrons. The summed E-state index contributed by atoms with van der Waals surface area (Å²) >= 11 is 0. The van der Waals surface area contributed by atoms with Crippen molar-refractivity contribution in [1.29, 1.82) is 0 Å². The Hall–Kier alpha value is -3.28. The van der Waals surface area contributed by atoms with Crippen LogP contribution in [0.25, 0.3) is 0 Å². The van der Waals surface area contributed by atoms with Crippen LogP contribution in [0.5, 0.6) is 11.5 Å². The summed E-state index contributed by atoms with van der Waals surface area (Å²) in [5.41, 5.74) is 4.40. The van der Waals surface area contributed by atoms with Gasteiger partial charge in [-0.25, -0.2) is 4.98 Å². The molecule has 2 aromatic carbocycles. The Bertz CT molecular complexity index is 1010. The van der Waals surface area contributed by atoms with Crippen molar-refractivity contribution >= 4 is 17.5 Å². The third-order valence-electron chi connectivity index (χ3n) is 4.77. The van der Waals surface area contributed by atoms with Gasteiger partial charge in [-0.05, 0) is 47.7 Å². The minimum absolute atomic E-state index is 0.135. The van der Waals surface area contributed by atoms with Crippen LogP contribution < -0.4 is 20.1 Å². The molecule has 0 fully saturated rings. The van der Waals surface area contributed by atoms with Crippen molar-refractivity contribution in [3.8, 4) is 11.5 Å². The molecule has 0 saturated carbocycles. The zero-order chi connectivity index (χ0) is 20.4. The van der Waals surface area contributed by atoms with Crippen LogP contribution in [0, 0.1) is 6.92 Å². The number of anilines is 3. The van der Waals surface area contributed by atoms with Crippen LogP contribution in [0.2, 0.25) is 0 Å². The van der Waals surface area contributed by atoms with E-state index in [0.717, 1.165) is 34.3 Å². The van der Waals surface area contributed by atoms with Gasteiger partial charge in [0.05, 0.1) is 0 Å². The third kappa shape index (κ3) is 4.59. The maximum absolute atomic E-state index is 5.43. The van der Waals surface area contributed by atoms with Crippen LogP contribution in [-0.4, -0.2) is 16.8 Å². The van der Waals surface area contributed by atoms with Crippen LogP contribution in [0.15, 0.2) is 48.5 Å². The van der Waals surface area contributed by atoms with E-state index >= 15 is 0 Å². The van der Waals surface area contributed by atoms with Crippen molar-refractivity contribution in [2.24, 2.45) is 0 Å². The van der Waals surface area contributed by atoms with E-state index in [1.54, 1.807) is 0 Å². The smallest absolute Gasteiger partial charge is 0.231 e. The molecule has 150 valence electrons. The second kappa shape index (κ2) is 7.62. The Morgan fingerprint density at radius 2 is 1.69 bits per heavy atom. The van der Waals surface area contributed by atoms with Crippen molar-refractivity contribution in [3.63, 3.8) is 0 Å². The van der Waals surface area contributed by atoms with Crippen LogP contribution in [-0.2, 0) is 12.0 Å². The van der Waals surface area contributed by atoms with Gasteiger partial charge in [-0.1, -0.05) is 39.0 Å². The summed E-state index contributed by atoms with van der Waals surface area (Å²) in [5.74, 6) is 2.89. The highest BCUT2D eigenvalue weighted by molar-refractivity contribution is 5.58. The standard InChI is InChI=1S/C23H26N4O2/c1-15-11-21(26-18-8-6-17(7-9-18)23(2,3)4)27-22(25-15)24-13-16-5-10-19-20(12-16)29-14-28-19/h5-12H,13-14H2,1-4H3,(H2,24,25,26,27). The first-order valence-corrected chi connectivity index (χ1v) is 9.72. The van der Waals surface area contributed by atoms with Crippen LogP contribution in [0.1, 0.15) is 37.6 Å². The first-order valence-electron chi connectivity index (χ1n) is 9.72. The molecular weight excluding hydrogens is 364 g/mol. The number of nitrogens with one attached hydrogen (secondary N) is 2. The molecule has 0 amide bonds. The lowest BCUT2D eigenvalue weighted by Gasteiger charge is -2.19. The summed E-state index contributed by atoms with van der Waals surface area (Å²) in [7, 11) is 0. The van der Waals surface area contributed by atoms with Crippen LogP contribution in [0.3, 0.4) is 0 Å². The summed E-state index contributed by atoms with van der Waals surface area (Å²) in [6.45, 7) is 9.46. The molecule has 2 N–H and O–H groups in total. The number of aromatic nitrogens is 2. The van der Waals surface area contributed by atoms with Gasteiger partial charge in [-0.3, -0.25) is 0 Å². The summed E-state index contributed by atoms with van der Waals surface area (Å²) in [5, 5.41) is 6.66. The fraction of sp³-hybridized carbons (Fsp3) is 0.304. The van der Waals surface area contributed by atoms with Crippen LogP contribution in [0.4, 0.5) is 17.5 Å². The Kier molecular flexibility index (Phi) is 5.01. The minimum Gasteiger partial charge on any atom is -0.454 e. The Balaban J connectivity index is 1.44. The van der Waals surface area contributed by atoms with Gasteiger partial charge in [-0.15, -0.1) is 0 Å². The van der Waals surface area contributed by atoms with Crippen molar-refractivity contribution in [2.45, 2.75) is 39.7 Å². The Morgan fingerprint density at radius 1 is 0.931 bits per heavy atom. The molecule has 3 aromatic rings. The Labute approximate surface area is 171 Å². The van der Waals surface area contributed by atoms with Crippen molar-refractivity contribution in [2.75, 3.05) is 17.4 Å². The number of fused-ring (bicyclic) bond motifs is 1. The summed E-state index contributed by atoms with van der Waals surface area (Å²) in [4.78, 5) is 9.09. The lowest BCUT2D eigenvalue weighted by molar-refractivity contribution is 0.174. The predicted molar refractivity (Wildman–Crippen MR) is 115 cm³/mol. The van der Waals surface area contributed by atoms with Crippen molar-refractivity contribution < 1.29 is 9.47 Å². The molecule has 2 heterocycles. The predicted octanol–water partition coefficient (Wildman–Crippen LogP) is 5.17. The van der Waals surface area contributed by atoms with Gasteiger partial charge in [0.1, 0.15) is 5.82 Å². The van der Waals surface area contributed by atoms with Crippen LogP contribution >= 0.6 is 0 Å². The number of ether oxygens (including phenoxy) is 2. The van der Waals surface area contributed by atoms with Crippen molar-refractivity contribution in [3.05, 3.63) is 65.4 Å². The maximum Gasteiger partial charge on any atom is 0.231 e. The topological polar surface area (TPSA) is 68.3 Å². The number of aryl methyl sites for hydroxylation is 1. The molecule has 0 saturated heterocycles. The molecule has 1 aliphatic heterocycles. The molecular formula is C23H26N4O2. The number of hydrogen-bond acceptors (Lipinski definition) is 6. The molecule has 29 heavy (non-hydrogen) atoms. The number of hydrogen-bond donors (Lipinski definition) is 2. The lowest BCUT2D eigenvalue weighted by Crippen LogP contribution is -2.10. The molecule has 0 atom stereocenters. The molecule has 1 aromatic heterocycles. The summed E-state index contributed by atoms with van der Waals surface area (Å²) < 4.78 is 10.8. The van der Waals surface area contributed by atoms with Gasteiger partial charge in [0.25, 0.3) is 0 Å². The fourth-order valence-electron chi connectivity index (χ4n) is 3.15. The zero-order valence-electron chi connectivity index (χ0n) is 17.2. The first kappa shape index (κ1) is 19.1. The zero-order valence-corrected chi connectivity index (χ0v) is 17.2. The summed E-state index contributed by atoms with van der Waals surface area (Å²) in [6, 6.07) is 16.3. The van der Waals surface area contributed by atoms with E-state index in [0.29, 0.717) is 12.5 Å². The fourth-order valence-corrected chi connectivity index (χ4v) is 3.15. The highest BCUT2D eigenvalue weighted by Gasteiger charge is 2.14. The molecule has 0 unspecified atom stereocenters. The monoisotopic (exact) mass is 390 g/mol. The van der Waals surface area contributed by atoms with Crippen molar-refractivity contribution in [1.82, 2.24) is 9.97 Å². The Morgan fingerprint density at radius 3 is 2.45 bits per heavy atom. The number of benzene rings is 2. The normalized spacial score (nSPS) is 12.7. The molecule has 1 aliphatic rings. The van der Waals surface area contributed by atoms with E-state index in [-0.39, 0.29) is 12.2 Å². The van der Waals surface area contributed by atoms with E-state index < -0.39 is 0 Å². The number of rotatable bonds is 5. The average Bonchev–Trinajstić information content (AvgIpc) is 3.13. The van der Waals surface area contributed by atoms with E-state index in [1.807, 2.05) is 31.2 Å². The first-order chi connectivity index (χ1) is 13.9. The number of nitrogens with zero attached hydrogens (tertiary/aromatic N) is 2. The molecule has 0 aliphatic carbocycles. The van der Waals surface area contributed by atoms with E-state index in [1.165, 1.54) is 5.56 Å². The van der Waals surface area contributed by atoms with Gasteiger partial charge in [-0.2, -0.15) is 4.98 Å². The maximum atomic E-state index is 5.43. The largest absolute Gasteiger partial charge is 0.454 e. The van der Waals surface area contributed by atoms with Gasteiger partial charge in [0, 0.05) is 24.0 Å². The quantitative estimate of drug-likeness (QED) is 0.627. The van der Waals surface area contributed by atoms with E-state index in [2.05, 4.69) is 65.6 Å². The molecule has 4 rings (SSSR count). The third-order valence-corrected chi connectivity index (χ3v) is 4.77. The highest BCUT2D eigenvalue weighted by Crippen LogP contribution is 2.32. The second-order valence-corrected chi connectivity index (χ2v) is 8.21. The van der Waals surface area contributed by atoms with E-state index in [4.69, 9.17) is 9.47 Å². The minimum atomic E-state index is 0.135. The van der Waals surface area contributed by atoms with Gasteiger partial charge < -0.3 is 20.1 Å². The molecule has 0 spiro atoms. The second-order valence-electron chi connectivity index (χ2n) is 8.21.